The van der Waals surface area contributed by atoms with Gasteiger partial charge in [0.25, 0.3) is 0 Å². The maximum atomic E-state index is 9.95. The third-order valence-corrected chi connectivity index (χ3v) is 4.09. The summed E-state index contributed by atoms with van der Waals surface area (Å²) in [7, 11) is 0. The number of phenolic OH excluding ortho intramolecular Hbond substituents is 1. The molecule has 0 fully saturated rings. The average molecular weight is 258 g/mol. The van der Waals surface area contributed by atoms with Crippen LogP contribution in [0, 0.1) is 0 Å². The number of phenols is 1. The minimum absolute atomic E-state index is 0.241. The lowest BCUT2D eigenvalue weighted by Crippen LogP contribution is -1.81. The van der Waals surface area contributed by atoms with Gasteiger partial charge in [0.15, 0.2) is 0 Å². The second-order valence-electron chi connectivity index (χ2n) is 5.19. The molecule has 1 heterocycles. The van der Waals surface area contributed by atoms with Gasteiger partial charge in [-0.05, 0) is 33.7 Å². The van der Waals surface area contributed by atoms with Crippen LogP contribution in [-0.2, 0) is 0 Å². The van der Waals surface area contributed by atoms with Gasteiger partial charge in [-0.25, -0.2) is 0 Å². The first kappa shape index (κ1) is 10.1. The SMILES string of the molecule is Oc1cc2oc3cccc4c5ccccc5c(c1)c2c34. The molecule has 2 nitrogen and oxygen atoms in total. The van der Waals surface area contributed by atoms with Crippen LogP contribution in [0.2, 0.25) is 0 Å². The second-order valence-corrected chi connectivity index (χ2v) is 5.19. The molecule has 5 aromatic rings. The predicted molar refractivity (Wildman–Crippen MR) is 81.6 cm³/mol. The zero-order chi connectivity index (χ0) is 13.3. The van der Waals surface area contributed by atoms with Crippen LogP contribution in [0.3, 0.4) is 0 Å². The van der Waals surface area contributed by atoms with Gasteiger partial charge in [-0.2, -0.15) is 0 Å². The Balaban J connectivity index is 2.32. The van der Waals surface area contributed by atoms with Crippen LogP contribution >= 0.6 is 0 Å². The first-order valence-electron chi connectivity index (χ1n) is 6.61. The van der Waals surface area contributed by atoms with Crippen molar-refractivity contribution >= 4 is 43.5 Å². The van der Waals surface area contributed by atoms with Crippen LogP contribution in [0.15, 0.2) is 59.0 Å². The van der Waals surface area contributed by atoms with Gasteiger partial charge < -0.3 is 9.52 Å². The predicted octanol–water partition coefficient (Wildman–Crippen LogP) is 5.04. The van der Waals surface area contributed by atoms with Crippen molar-refractivity contribution in [3.05, 3.63) is 54.6 Å². The Morgan fingerprint density at radius 3 is 2.20 bits per heavy atom. The maximum Gasteiger partial charge on any atom is 0.139 e. The highest BCUT2D eigenvalue weighted by molar-refractivity contribution is 6.33. The van der Waals surface area contributed by atoms with E-state index in [1.54, 1.807) is 6.07 Å². The van der Waals surface area contributed by atoms with Crippen molar-refractivity contribution in [3.63, 3.8) is 0 Å². The summed E-state index contributed by atoms with van der Waals surface area (Å²) < 4.78 is 5.91. The van der Waals surface area contributed by atoms with Crippen molar-refractivity contribution < 1.29 is 9.52 Å². The van der Waals surface area contributed by atoms with Crippen molar-refractivity contribution in [3.8, 4) is 5.75 Å². The normalized spacial score (nSPS) is 12.2. The summed E-state index contributed by atoms with van der Waals surface area (Å²) in [6, 6.07) is 17.9. The van der Waals surface area contributed by atoms with Crippen molar-refractivity contribution in [1.82, 2.24) is 0 Å². The van der Waals surface area contributed by atoms with E-state index in [9.17, 15) is 5.11 Å². The van der Waals surface area contributed by atoms with Crippen LogP contribution in [0.1, 0.15) is 0 Å². The molecule has 0 aliphatic rings. The summed E-state index contributed by atoms with van der Waals surface area (Å²) in [5.74, 6) is 0.241. The van der Waals surface area contributed by atoms with E-state index in [0.717, 1.165) is 32.7 Å². The number of hydrogen-bond donors (Lipinski definition) is 1. The lowest BCUT2D eigenvalue weighted by Gasteiger charge is -2.07. The summed E-state index contributed by atoms with van der Waals surface area (Å²) in [6.07, 6.45) is 0. The molecule has 0 amide bonds. The number of benzene rings is 4. The maximum absolute atomic E-state index is 9.95. The van der Waals surface area contributed by atoms with Crippen LogP contribution in [0.4, 0.5) is 0 Å². The van der Waals surface area contributed by atoms with E-state index >= 15 is 0 Å². The fourth-order valence-electron chi connectivity index (χ4n) is 3.32. The van der Waals surface area contributed by atoms with Gasteiger partial charge in [0, 0.05) is 16.8 Å². The van der Waals surface area contributed by atoms with Gasteiger partial charge in [0.1, 0.15) is 16.9 Å². The standard InChI is InChI=1S/C18H10O2/c19-10-8-14-12-5-2-1-4-11(12)13-6-3-7-15-17(13)18(14)16(9-10)20-15/h1-9,19H. The van der Waals surface area contributed by atoms with E-state index in [1.807, 2.05) is 30.3 Å². The van der Waals surface area contributed by atoms with E-state index in [0.29, 0.717) is 0 Å². The molecule has 94 valence electrons. The first-order chi connectivity index (χ1) is 9.83. The monoisotopic (exact) mass is 258 g/mol. The zero-order valence-corrected chi connectivity index (χ0v) is 10.6. The molecule has 0 aliphatic carbocycles. The topological polar surface area (TPSA) is 33.4 Å². The lowest BCUT2D eigenvalue weighted by atomic mass is 9.94. The van der Waals surface area contributed by atoms with Crippen LogP contribution in [-0.4, -0.2) is 5.11 Å². The number of aromatic hydroxyl groups is 1. The fourth-order valence-corrected chi connectivity index (χ4v) is 3.32. The van der Waals surface area contributed by atoms with E-state index < -0.39 is 0 Å². The third-order valence-electron chi connectivity index (χ3n) is 4.09. The van der Waals surface area contributed by atoms with Gasteiger partial charge in [0.05, 0.1) is 0 Å². The highest BCUT2D eigenvalue weighted by Gasteiger charge is 2.17. The highest BCUT2D eigenvalue weighted by atomic mass is 16.3. The highest BCUT2D eigenvalue weighted by Crippen LogP contribution is 2.43. The minimum atomic E-state index is 0.241. The third kappa shape index (κ3) is 1.05. The summed E-state index contributed by atoms with van der Waals surface area (Å²) >= 11 is 0. The van der Waals surface area contributed by atoms with Gasteiger partial charge in [0.2, 0.25) is 0 Å². The van der Waals surface area contributed by atoms with Gasteiger partial charge in [-0.1, -0.05) is 36.4 Å². The second kappa shape index (κ2) is 3.23. The molecule has 2 heteroatoms. The molecule has 0 unspecified atom stereocenters. The molecular formula is C18H10O2. The molecule has 1 N–H and O–H groups in total. The van der Waals surface area contributed by atoms with Crippen LogP contribution in [0.5, 0.6) is 5.75 Å². The Morgan fingerprint density at radius 2 is 1.35 bits per heavy atom. The number of fused-ring (bicyclic) bond motifs is 3. The first-order valence-corrected chi connectivity index (χ1v) is 6.61. The zero-order valence-electron chi connectivity index (χ0n) is 10.6. The molecule has 0 spiro atoms. The van der Waals surface area contributed by atoms with Crippen molar-refractivity contribution in [1.29, 1.82) is 0 Å². The smallest absolute Gasteiger partial charge is 0.139 e. The van der Waals surface area contributed by atoms with Gasteiger partial charge in [-0.15, -0.1) is 0 Å². The number of rotatable bonds is 0. The van der Waals surface area contributed by atoms with Crippen molar-refractivity contribution in [2.75, 3.05) is 0 Å². The largest absolute Gasteiger partial charge is 0.508 e. The molecule has 4 aromatic carbocycles. The molecule has 0 bridgehead atoms. The average Bonchev–Trinajstić information content (AvgIpc) is 2.84. The van der Waals surface area contributed by atoms with E-state index in [2.05, 4.69) is 18.2 Å². The molecule has 0 atom stereocenters. The Bertz CT molecular complexity index is 1100. The van der Waals surface area contributed by atoms with Crippen LogP contribution in [0.25, 0.3) is 43.5 Å². The molecule has 0 saturated carbocycles. The Kier molecular flexibility index (Phi) is 1.63. The van der Waals surface area contributed by atoms with Gasteiger partial charge in [-0.3, -0.25) is 0 Å². The van der Waals surface area contributed by atoms with Gasteiger partial charge >= 0.3 is 0 Å². The molecule has 0 aliphatic heterocycles. The van der Waals surface area contributed by atoms with Crippen LogP contribution < -0.4 is 0 Å². The molecule has 0 radical (unpaired) electrons. The quantitative estimate of drug-likeness (QED) is 0.395. The van der Waals surface area contributed by atoms with Crippen molar-refractivity contribution in [2.24, 2.45) is 0 Å². The van der Waals surface area contributed by atoms with E-state index in [1.165, 1.54) is 10.8 Å². The Hall–Kier alpha value is -2.74. The lowest BCUT2D eigenvalue weighted by molar-refractivity contribution is 0.475. The Morgan fingerprint density at radius 1 is 0.650 bits per heavy atom. The summed E-state index contributed by atoms with van der Waals surface area (Å²) in [5, 5.41) is 16.8. The number of hydrogen-bond acceptors (Lipinski definition) is 2. The van der Waals surface area contributed by atoms with E-state index in [-0.39, 0.29) is 5.75 Å². The molecule has 0 saturated heterocycles. The minimum Gasteiger partial charge on any atom is -0.508 e. The van der Waals surface area contributed by atoms with Crippen molar-refractivity contribution in [2.45, 2.75) is 0 Å². The summed E-state index contributed by atoms with van der Waals surface area (Å²) in [6.45, 7) is 0. The molecule has 1 aromatic heterocycles. The van der Waals surface area contributed by atoms with E-state index in [4.69, 9.17) is 4.42 Å². The number of furan rings is 1. The summed E-state index contributed by atoms with van der Waals surface area (Å²) in [4.78, 5) is 0. The fraction of sp³-hybridized carbons (Fsp3) is 0. The Labute approximate surface area is 114 Å². The molecule has 5 rings (SSSR count). The molecule has 20 heavy (non-hydrogen) atoms. The summed E-state index contributed by atoms with van der Waals surface area (Å²) in [5.41, 5.74) is 1.62. The molecular weight excluding hydrogens is 248 g/mol.